The van der Waals surface area contributed by atoms with Crippen LogP contribution in [0, 0.1) is 6.92 Å². The Hall–Kier alpha value is -2.41. The molecule has 0 bridgehead atoms. The fourth-order valence-corrected chi connectivity index (χ4v) is 3.98. The number of H-pyrrole nitrogens is 1. The van der Waals surface area contributed by atoms with Gasteiger partial charge < -0.3 is 9.80 Å². The Bertz CT molecular complexity index is 832. The molecule has 0 aliphatic carbocycles. The number of benzene rings is 1. The minimum absolute atomic E-state index is 0.0335. The molecule has 144 valence electrons. The SMILES string of the molecule is Cc1ccc2[nH]nc(C(=O)N3CCN(CC(=O)N4CCCCC4)CC3)c2c1. The molecule has 2 aromatic rings. The van der Waals surface area contributed by atoms with Crippen LogP contribution in [0.15, 0.2) is 18.2 Å². The van der Waals surface area contributed by atoms with Crippen LogP contribution in [0.25, 0.3) is 10.9 Å². The zero-order chi connectivity index (χ0) is 18.8. The molecule has 4 rings (SSSR count). The summed E-state index contributed by atoms with van der Waals surface area (Å²) in [5.74, 6) is 0.192. The van der Waals surface area contributed by atoms with Gasteiger partial charge in [0.1, 0.15) is 0 Å². The lowest BCUT2D eigenvalue weighted by Gasteiger charge is -2.35. The van der Waals surface area contributed by atoms with E-state index in [0.29, 0.717) is 25.3 Å². The third kappa shape index (κ3) is 3.83. The van der Waals surface area contributed by atoms with Gasteiger partial charge in [0.05, 0.1) is 12.1 Å². The Morgan fingerprint density at radius 1 is 1.00 bits per heavy atom. The number of rotatable bonds is 3. The van der Waals surface area contributed by atoms with Crippen LogP contribution in [0.4, 0.5) is 0 Å². The average Bonchev–Trinajstić information content (AvgIpc) is 3.11. The highest BCUT2D eigenvalue weighted by Crippen LogP contribution is 2.19. The predicted molar refractivity (Wildman–Crippen MR) is 104 cm³/mol. The van der Waals surface area contributed by atoms with Crippen molar-refractivity contribution in [3.63, 3.8) is 0 Å². The molecular weight excluding hydrogens is 342 g/mol. The van der Waals surface area contributed by atoms with E-state index in [-0.39, 0.29) is 11.8 Å². The van der Waals surface area contributed by atoms with Crippen molar-refractivity contribution in [2.45, 2.75) is 26.2 Å². The van der Waals surface area contributed by atoms with Gasteiger partial charge in [-0.15, -0.1) is 0 Å². The summed E-state index contributed by atoms with van der Waals surface area (Å²) in [7, 11) is 0. The highest BCUT2D eigenvalue weighted by molar-refractivity contribution is 6.04. The van der Waals surface area contributed by atoms with Crippen LogP contribution in [-0.2, 0) is 4.79 Å². The van der Waals surface area contributed by atoms with Crippen molar-refractivity contribution < 1.29 is 9.59 Å². The predicted octanol–water partition coefficient (Wildman–Crippen LogP) is 1.64. The quantitative estimate of drug-likeness (QED) is 0.893. The lowest BCUT2D eigenvalue weighted by atomic mass is 10.1. The number of piperazine rings is 1. The largest absolute Gasteiger partial charge is 0.342 e. The first-order chi connectivity index (χ1) is 13.1. The van der Waals surface area contributed by atoms with Crippen molar-refractivity contribution in [3.8, 4) is 0 Å². The van der Waals surface area contributed by atoms with E-state index in [9.17, 15) is 9.59 Å². The van der Waals surface area contributed by atoms with Gasteiger partial charge in [0, 0.05) is 44.7 Å². The number of aromatic amines is 1. The van der Waals surface area contributed by atoms with Crippen molar-refractivity contribution in [3.05, 3.63) is 29.5 Å². The van der Waals surface area contributed by atoms with Gasteiger partial charge in [-0.25, -0.2) is 0 Å². The molecule has 2 saturated heterocycles. The molecule has 7 heteroatoms. The smallest absolute Gasteiger partial charge is 0.275 e. The molecule has 0 spiro atoms. The molecule has 1 aromatic carbocycles. The van der Waals surface area contributed by atoms with Crippen LogP contribution < -0.4 is 0 Å². The van der Waals surface area contributed by atoms with E-state index in [4.69, 9.17) is 0 Å². The molecule has 1 N–H and O–H groups in total. The highest BCUT2D eigenvalue weighted by Gasteiger charge is 2.27. The number of carbonyl (C=O) groups excluding carboxylic acids is 2. The first-order valence-electron chi connectivity index (χ1n) is 9.86. The highest BCUT2D eigenvalue weighted by atomic mass is 16.2. The third-order valence-corrected chi connectivity index (χ3v) is 5.65. The molecule has 0 atom stereocenters. The molecule has 0 radical (unpaired) electrons. The van der Waals surface area contributed by atoms with Crippen LogP contribution in [0.3, 0.4) is 0 Å². The van der Waals surface area contributed by atoms with Gasteiger partial charge in [0.25, 0.3) is 5.91 Å². The summed E-state index contributed by atoms with van der Waals surface area (Å²) >= 11 is 0. The second-order valence-corrected chi connectivity index (χ2v) is 7.63. The molecule has 3 heterocycles. The Balaban J connectivity index is 1.35. The van der Waals surface area contributed by atoms with Gasteiger partial charge in [-0.2, -0.15) is 5.10 Å². The van der Waals surface area contributed by atoms with Gasteiger partial charge in [0.2, 0.25) is 5.91 Å². The van der Waals surface area contributed by atoms with Gasteiger partial charge in [-0.1, -0.05) is 11.6 Å². The number of aromatic nitrogens is 2. The summed E-state index contributed by atoms with van der Waals surface area (Å²) in [6, 6.07) is 5.96. The average molecular weight is 369 g/mol. The lowest BCUT2D eigenvalue weighted by molar-refractivity contribution is -0.133. The van der Waals surface area contributed by atoms with Crippen LogP contribution in [-0.4, -0.2) is 82.5 Å². The molecule has 2 fully saturated rings. The summed E-state index contributed by atoms with van der Waals surface area (Å²) in [4.78, 5) is 31.3. The summed E-state index contributed by atoms with van der Waals surface area (Å²) in [6.45, 7) is 6.98. The Morgan fingerprint density at radius 2 is 1.74 bits per heavy atom. The molecular formula is C20H27N5O2. The monoisotopic (exact) mass is 369 g/mol. The number of hydrogen-bond acceptors (Lipinski definition) is 4. The molecule has 27 heavy (non-hydrogen) atoms. The standard InChI is InChI=1S/C20H27N5O2/c1-15-5-6-17-16(13-15)19(22-21-17)20(27)25-11-9-23(10-12-25)14-18(26)24-7-3-2-4-8-24/h5-6,13H,2-4,7-12,14H2,1H3,(H,21,22). The molecule has 7 nitrogen and oxygen atoms in total. The molecule has 2 aliphatic heterocycles. The van der Waals surface area contributed by atoms with E-state index >= 15 is 0 Å². The second-order valence-electron chi connectivity index (χ2n) is 7.63. The van der Waals surface area contributed by atoms with Gasteiger partial charge in [-0.3, -0.25) is 19.6 Å². The zero-order valence-electron chi connectivity index (χ0n) is 15.9. The number of aryl methyl sites for hydroxylation is 1. The van der Waals surface area contributed by atoms with E-state index in [1.807, 2.05) is 34.9 Å². The molecule has 0 saturated carbocycles. The van der Waals surface area contributed by atoms with Gasteiger partial charge in [-0.05, 0) is 38.3 Å². The molecule has 1 aromatic heterocycles. The number of fused-ring (bicyclic) bond motifs is 1. The van der Waals surface area contributed by atoms with Crippen LogP contribution >= 0.6 is 0 Å². The van der Waals surface area contributed by atoms with Gasteiger partial charge in [0.15, 0.2) is 5.69 Å². The van der Waals surface area contributed by atoms with Crippen molar-refractivity contribution in [1.29, 1.82) is 0 Å². The topological polar surface area (TPSA) is 72.5 Å². The maximum Gasteiger partial charge on any atom is 0.275 e. The number of nitrogens with zero attached hydrogens (tertiary/aromatic N) is 4. The first kappa shape index (κ1) is 18.0. The fraction of sp³-hybridized carbons (Fsp3) is 0.550. The van der Waals surface area contributed by atoms with E-state index in [0.717, 1.165) is 55.5 Å². The van der Waals surface area contributed by atoms with Crippen molar-refractivity contribution in [1.82, 2.24) is 24.9 Å². The summed E-state index contributed by atoms with van der Waals surface area (Å²) in [5, 5.41) is 8.08. The van der Waals surface area contributed by atoms with E-state index in [2.05, 4.69) is 15.1 Å². The van der Waals surface area contributed by atoms with Crippen molar-refractivity contribution in [2.75, 3.05) is 45.8 Å². The Kier molecular flexibility index (Phi) is 5.11. The maximum atomic E-state index is 12.9. The number of nitrogens with one attached hydrogen (secondary N) is 1. The lowest BCUT2D eigenvalue weighted by Crippen LogP contribution is -2.52. The number of amides is 2. The van der Waals surface area contributed by atoms with E-state index in [1.165, 1.54) is 6.42 Å². The molecule has 0 unspecified atom stereocenters. The minimum atomic E-state index is -0.0335. The van der Waals surface area contributed by atoms with Gasteiger partial charge >= 0.3 is 0 Å². The fourth-order valence-electron chi connectivity index (χ4n) is 3.98. The molecule has 2 amide bonds. The van der Waals surface area contributed by atoms with Crippen LogP contribution in [0.1, 0.15) is 35.3 Å². The number of hydrogen-bond donors (Lipinski definition) is 1. The minimum Gasteiger partial charge on any atom is -0.342 e. The second kappa shape index (κ2) is 7.68. The van der Waals surface area contributed by atoms with Crippen molar-refractivity contribution >= 4 is 22.7 Å². The third-order valence-electron chi connectivity index (χ3n) is 5.65. The molecule has 2 aliphatic rings. The van der Waals surface area contributed by atoms with Crippen LogP contribution in [0.5, 0.6) is 0 Å². The summed E-state index contributed by atoms with van der Waals surface area (Å²) < 4.78 is 0. The normalized spacial score (nSPS) is 18.9. The zero-order valence-corrected chi connectivity index (χ0v) is 15.9. The Morgan fingerprint density at radius 3 is 2.48 bits per heavy atom. The Labute approximate surface area is 159 Å². The summed E-state index contributed by atoms with van der Waals surface area (Å²) in [5.41, 5.74) is 2.49. The van der Waals surface area contributed by atoms with Crippen molar-refractivity contribution in [2.24, 2.45) is 0 Å². The number of carbonyl (C=O) groups is 2. The number of likely N-dealkylation sites (tertiary alicyclic amines) is 1. The summed E-state index contributed by atoms with van der Waals surface area (Å²) in [6.07, 6.45) is 3.46. The first-order valence-corrected chi connectivity index (χ1v) is 9.86. The number of piperidine rings is 1. The maximum absolute atomic E-state index is 12.9. The van der Waals surface area contributed by atoms with Crippen LogP contribution in [0.2, 0.25) is 0 Å². The van der Waals surface area contributed by atoms with E-state index < -0.39 is 0 Å². The van der Waals surface area contributed by atoms with E-state index in [1.54, 1.807) is 0 Å².